The van der Waals surface area contributed by atoms with Crippen LogP contribution >= 0.6 is 11.3 Å². The third-order valence-corrected chi connectivity index (χ3v) is 6.69. The van der Waals surface area contributed by atoms with Gasteiger partial charge in [-0.25, -0.2) is 13.4 Å². The molecular weight excluding hydrogens is 460 g/mol. The lowest BCUT2D eigenvalue weighted by Crippen LogP contribution is -2.14. The fourth-order valence-electron chi connectivity index (χ4n) is 2.87. The first-order valence-corrected chi connectivity index (χ1v) is 12.1. The maximum absolute atomic E-state index is 12.5. The first-order valence-electron chi connectivity index (χ1n) is 9.71. The number of carbonyl (C=O) groups is 2. The number of nitrogens with zero attached hydrogens (tertiary/aromatic N) is 1. The summed E-state index contributed by atoms with van der Waals surface area (Å²) in [4.78, 5) is 28.7. The molecule has 8 nitrogen and oxygen atoms in total. The molecule has 166 valence electrons. The Morgan fingerprint density at radius 2 is 1.27 bits per heavy atom. The zero-order valence-electron chi connectivity index (χ0n) is 17.1. The van der Waals surface area contributed by atoms with Gasteiger partial charge >= 0.3 is 0 Å². The quantitative estimate of drug-likeness (QED) is 0.363. The summed E-state index contributed by atoms with van der Waals surface area (Å²) in [6.07, 6.45) is 1.50. The second-order valence-electron chi connectivity index (χ2n) is 6.82. The summed E-state index contributed by atoms with van der Waals surface area (Å²) in [5.74, 6) is -0.611. The molecule has 0 aliphatic heterocycles. The summed E-state index contributed by atoms with van der Waals surface area (Å²) in [5.41, 5.74) is 1.92. The van der Waals surface area contributed by atoms with Crippen LogP contribution in [0.25, 0.3) is 0 Å². The van der Waals surface area contributed by atoms with E-state index < -0.39 is 10.0 Å². The summed E-state index contributed by atoms with van der Waals surface area (Å²) < 4.78 is 27.2. The van der Waals surface area contributed by atoms with Crippen LogP contribution in [0.1, 0.15) is 20.7 Å². The minimum atomic E-state index is -3.76. The highest BCUT2D eigenvalue weighted by Gasteiger charge is 2.16. The third kappa shape index (κ3) is 5.62. The van der Waals surface area contributed by atoms with Gasteiger partial charge in [-0.1, -0.05) is 18.2 Å². The van der Waals surface area contributed by atoms with Crippen LogP contribution in [0.4, 0.5) is 16.5 Å². The highest BCUT2D eigenvalue weighted by atomic mass is 32.2. The minimum absolute atomic E-state index is 0.0502. The molecule has 0 spiro atoms. The number of sulfonamides is 1. The second kappa shape index (κ2) is 9.63. The fraction of sp³-hybridized carbons (Fsp3) is 0. The molecule has 0 saturated heterocycles. The van der Waals surface area contributed by atoms with Gasteiger partial charge in [0, 0.05) is 34.1 Å². The van der Waals surface area contributed by atoms with Crippen molar-refractivity contribution in [1.82, 2.24) is 4.98 Å². The van der Waals surface area contributed by atoms with E-state index in [0.717, 1.165) is 0 Å². The Bertz CT molecular complexity index is 1350. The van der Waals surface area contributed by atoms with Crippen LogP contribution in [0.5, 0.6) is 0 Å². The number of carbonyl (C=O) groups excluding carboxylic acids is 2. The van der Waals surface area contributed by atoms with Crippen molar-refractivity contribution < 1.29 is 18.0 Å². The van der Waals surface area contributed by atoms with Crippen LogP contribution < -0.4 is 15.4 Å². The van der Waals surface area contributed by atoms with E-state index >= 15 is 0 Å². The average molecular weight is 479 g/mol. The van der Waals surface area contributed by atoms with Crippen molar-refractivity contribution in [1.29, 1.82) is 0 Å². The summed E-state index contributed by atoms with van der Waals surface area (Å²) in [5, 5.41) is 7.43. The molecule has 2 amide bonds. The Hall–Kier alpha value is -4.02. The lowest BCUT2D eigenvalue weighted by atomic mass is 10.1. The predicted octanol–water partition coefficient (Wildman–Crippen LogP) is 4.45. The zero-order chi connectivity index (χ0) is 23.3. The first kappa shape index (κ1) is 22.2. The van der Waals surface area contributed by atoms with Crippen molar-refractivity contribution in [3.8, 4) is 0 Å². The van der Waals surface area contributed by atoms with E-state index in [0.29, 0.717) is 22.5 Å². The van der Waals surface area contributed by atoms with Crippen LogP contribution in [-0.2, 0) is 10.0 Å². The van der Waals surface area contributed by atoms with Crippen LogP contribution in [0.3, 0.4) is 0 Å². The number of nitrogens with one attached hydrogen (secondary N) is 3. The van der Waals surface area contributed by atoms with E-state index in [1.807, 2.05) is 6.07 Å². The molecule has 0 bridgehead atoms. The number of hydrogen-bond donors (Lipinski definition) is 3. The highest BCUT2D eigenvalue weighted by molar-refractivity contribution is 7.93. The Labute approximate surface area is 194 Å². The summed E-state index contributed by atoms with van der Waals surface area (Å²) in [7, 11) is -3.76. The van der Waals surface area contributed by atoms with E-state index in [1.165, 1.54) is 41.8 Å². The van der Waals surface area contributed by atoms with E-state index in [9.17, 15) is 18.0 Å². The molecule has 4 aromatic rings. The molecule has 0 saturated carbocycles. The van der Waals surface area contributed by atoms with Gasteiger partial charge in [0.15, 0.2) is 5.13 Å². The molecule has 10 heteroatoms. The summed E-state index contributed by atoms with van der Waals surface area (Å²) >= 11 is 1.17. The first-order chi connectivity index (χ1) is 15.9. The molecule has 0 atom stereocenters. The van der Waals surface area contributed by atoms with Crippen LogP contribution in [0, 0.1) is 0 Å². The maximum Gasteiger partial charge on any atom is 0.263 e. The Morgan fingerprint density at radius 3 is 1.82 bits per heavy atom. The van der Waals surface area contributed by atoms with Crippen molar-refractivity contribution in [2.45, 2.75) is 4.90 Å². The van der Waals surface area contributed by atoms with Gasteiger partial charge in [-0.2, -0.15) is 0 Å². The molecule has 3 aromatic carbocycles. The molecular formula is C23H18N4O4S2. The molecule has 1 aromatic heterocycles. The molecule has 0 unspecified atom stereocenters. The van der Waals surface area contributed by atoms with Gasteiger partial charge in [-0.3, -0.25) is 14.3 Å². The SMILES string of the molecule is O=C(Nc1ccc(C(=O)Nc2ccc(S(=O)(=O)Nc3nccs3)cc2)cc1)c1ccccc1. The van der Waals surface area contributed by atoms with Crippen LogP contribution in [0.15, 0.2) is 95.3 Å². The summed E-state index contributed by atoms with van der Waals surface area (Å²) in [6, 6.07) is 21.1. The largest absolute Gasteiger partial charge is 0.322 e. The molecule has 3 N–H and O–H groups in total. The molecule has 0 radical (unpaired) electrons. The number of benzene rings is 3. The topological polar surface area (TPSA) is 117 Å². The van der Waals surface area contributed by atoms with E-state index in [4.69, 9.17) is 0 Å². The van der Waals surface area contributed by atoms with E-state index in [2.05, 4.69) is 20.3 Å². The standard InChI is InChI=1S/C23H18N4O4S2/c28-21(16-4-2-1-3-5-16)25-18-8-6-17(7-9-18)22(29)26-19-10-12-20(13-11-19)33(30,31)27-23-24-14-15-32-23/h1-15H,(H,24,27)(H,25,28)(H,26,29). The molecule has 4 rings (SSSR count). The normalized spacial score (nSPS) is 10.9. The lowest BCUT2D eigenvalue weighted by molar-refractivity contribution is 0.102. The Balaban J connectivity index is 1.37. The van der Waals surface area contributed by atoms with Crippen molar-refractivity contribution in [2.24, 2.45) is 0 Å². The lowest BCUT2D eigenvalue weighted by Gasteiger charge is -2.09. The average Bonchev–Trinajstić information content (AvgIpc) is 3.33. The van der Waals surface area contributed by atoms with E-state index in [1.54, 1.807) is 53.9 Å². The number of hydrogen-bond acceptors (Lipinski definition) is 6. The fourth-order valence-corrected chi connectivity index (χ4v) is 4.65. The monoisotopic (exact) mass is 478 g/mol. The zero-order valence-corrected chi connectivity index (χ0v) is 18.7. The summed E-state index contributed by atoms with van der Waals surface area (Å²) in [6.45, 7) is 0. The Kier molecular flexibility index (Phi) is 6.48. The third-order valence-electron chi connectivity index (χ3n) is 4.52. The van der Waals surface area contributed by atoms with Gasteiger partial charge in [0.1, 0.15) is 0 Å². The van der Waals surface area contributed by atoms with Crippen LogP contribution in [0.2, 0.25) is 0 Å². The number of amides is 2. The minimum Gasteiger partial charge on any atom is -0.322 e. The van der Waals surface area contributed by atoms with Crippen molar-refractivity contribution in [2.75, 3.05) is 15.4 Å². The molecule has 1 heterocycles. The van der Waals surface area contributed by atoms with Gasteiger partial charge in [-0.15, -0.1) is 11.3 Å². The Morgan fingerprint density at radius 1 is 0.727 bits per heavy atom. The van der Waals surface area contributed by atoms with Gasteiger partial charge in [0.2, 0.25) is 0 Å². The molecule has 33 heavy (non-hydrogen) atoms. The van der Waals surface area contributed by atoms with Crippen molar-refractivity contribution >= 4 is 49.7 Å². The van der Waals surface area contributed by atoms with Gasteiger partial charge in [-0.05, 0) is 60.7 Å². The number of aromatic nitrogens is 1. The van der Waals surface area contributed by atoms with Crippen molar-refractivity contribution in [3.05, 3.63) is 102 Å². The second-order valence-corrected chi connectivity index (χ2v) is 9.40. The number of thiazole rings is 1. The van der Waals surface area contributed by atoms with Gasteiger partial charge in [0.25, 0.3) is 21.8 Å². The molecule has 0 aliphatic rings. The van der Waals surface area contributed by atoms with Gasteiger partial charge in [0.05, 0.1) is 4.90 Å². The molecule has 0 aliphatic carbocycles. The van der Waals surface area contributed by atoms with Gasteiger partial charge < -0.3 is 10.6 Å². The predicted molar refractivity (Wildman–Crippen MR) is 128 cm³/mol. The number of rotatable bonds is 7. The number of anilines is 3. The smallest absolute Gasteiger partial charge is 0.263 e. The molecule has 0 fully saturated rings. The van der Waals surface area contributed by atoms with Crippen molar-refractivity contribution in [3.63, 3.8) is 0 Å². The highest BCUT2D eigenvalue weighted by Crippen LogP contribution is 2.20. The maximum atomic E-state index is 12.5. The van der Waals surface area contributed by atoms with Crippen LogP contribution in [-0.4, -0.2) is 25.2 Å². The van der Waals surface area contributed by atoms with E-state index in [-0.39, 0.29) is 21.8 Å².